The zero-order valence-electron chi connectivity index (χ0n) is 31.3. The molecule has 4 aliphatic heterocycles. The van der Waals surface area contributed by atoms with E-state index >= 15 is 0 Å². The van der Waals surface area contributed by atoms with Crippen LogP contribution in [-0.2, 0) is 22.7 Å². The first kappa shape index (κ1) is 36.7. The van der Waals surface area contributed by atoms with Crippen molar-refractivity contribution < 1.29 is 28.7 Å². The van der Waals surface area contributed by atoms with Crippen LogP contribution in [0.15, 0.2) is 54.6 Å². The van der Waals surface area contributed by atoms with Crippen molar-refractivity contribution in [3.05, 3.63) is 98.9 Å². The van der Waals surface area contributed by atoms with Crippen molar-refractivity contribution >= 4 is 52.5 Å². The number of likely N-dealkylation sites (tertiary alicyclic amines) is 1. The highest BCUT2D eigenvalue weighted by Crippen LogP contribution is 2.56. The van der Waals surface area contributed by atoms with Gasteiger partial charge >= 0.3 is 0 Å². The molecule has 5 amide bonds. The van der Waals surface area contributed by atoms with Gasteiger partial charge in [0.25, 0.3) is 17.7 Å². The van der Waals surface area contributed by atoms with Crippen LogP contribution in [0.5, 0.6) is 5.75 Å². The van der Waals surface area contributed by atoms with Crippen LogP contribution in [0.1, 0.15) is 95.6 Å². The summed E-state index contributed by atoms with van der Waals surface area (Å²) in [5.74, 6) is -1.36. The van der Waals surface area contributed by atoms with E-state index in [4.69, 9.17) is 22.9 Å². The van der Waals surface area contributed by atoms with E-state index in [0.29, 0.717) is 59.3 Å². The summed E-state index contributed by atoms with van der Waals surface area (Å²) in [6, 6.07) is 15.8. The Balaban J connectivity index is 0.846. The Kier molecular flexibility index (Phi) is 9.01. The van der Waals surface area contributed by atoms with Crippen LogP contribution in [0.4, 0.5) is 11.4 Å². The number of carbonyl (C=O) groups is 5. The predicted molar refractivity (Wildman–Crippen MR) is 205 cm³/mol. The third kappa shape index (κ3) is 6.23. The third-order valence-electron chi connectivity index (χ3n) is 12.4. The van der Waals surface area contributed by atoms with Crippen LogP contribution in [0.3, 0.4) is 0 Å². The molecule has 4 heterocycles. The minimum atomic E-state index is -0.982. The van der Waals surface area contributed by atoms with Gasteiger partial charge in [0.1, 0.15) is 17.9 Å². The third-order valence-corrected chi connectivity index (χ3v) is 12.7. The minimum absolute atomic E-state index is 0.00406. The number of ether oxygens (including phenoxy) is 1. The predicted octanol–water partition coefficient (Wildman–Crippen LogP) is 6.21. The highest BCUT2D eigenvalue weighted by molar-refractivity contribution is 6.33. The zero-order valence-corrected chi connectivity index (χ0v) is 32.0. The topological polar surface area (TPSA) is 133 Å². The number of hydrogen-bond donors (Lipinski definition) is 2. The van der Waals surface area contributed by atoms with E-state index in [1.165, 1.54) is 0 Å². The first-order chi connectivity index (χ1) is 26.2. The molecule has 13 heteroatoms. The monoisotopic (exact) mass is 762 g/mol. The van der Waals surface area contributed by atoms with Gasteiger partial charge in [0.05, 0.1) is 22.7 Å². The molecule has 0 bridgehead atoms. The smallest absolute Gasteiger partial charge is 0.262 e. The molecule has 0 spiro atoms. The number of fused-ring (bicyclic) bond motifs is 2. The largest absolute Gasteiger partial charge is 0.489 e. The average molecular weight is 763 g/mol. The first-order valence-corrected chi connectivity index (χ1v) is 19.2. The van der Waals surface area contributed by atoms with E-state index in [9.17, 15) is 24.0 Å². The van der Waals surface area contributed by atoms with Gasteiger partial charge in [-0.1, -0.05) is 45.4 Å². The van der Waals surface area contributed by atoms with Crippen molar-refractivity contribution in [3.8, 4) is 5.75 Å². The standard InChI is InChI=1S/C42H43ClN6O6/c1-41(2)39(42(3,4)40(41)55-28-10-11-32(44-5)31(43)20-28)45-26-8-6-23(7-9-26)36(52)47-16-14-27(15-17-47)48-21-24-18-29-30(19-25(24)22-48)38(54)49(37(29)53)33-12-13-34(50)46-35(33)51/h6-11,18-20,27,33,39-40,45H,12-17,21-22H2,1-4H3,(H,46,50,51)/t33-,39?,40?/m1/s1. The van der Waals surface area contributed by atoms with Crippen molar-refractivity contribution in [1.29, 1.82) is 0 Å². The molecule has 0 radical (unpaired) electrons. The van der Waals surface area contributed by atoms with E-state index in [0.717, 1.165) is 34.6 Å². The molecule has 0 unspecified atom stereocenters. The van der Waals surface area contributed by atoms with Gasteiger partial charge in [-0.2, -0.15) is 0 Å². The lowest BCUT2D eigenvalue weighted by molar-refractivity contribution is -0.147. The number of benzene rings is 3. The number of carbonyl (C=O) groups excluding carboxylic acids is 5. The first-order valence-electron chi connectivity index (χ1n) is 18.8. The number of nitrogens with one attached hydrogen (secondary N) is 2. The molecule has 284 valence electrons. The maximum Gasteiger partial charge on any atom is 0.262 e. The molecular weight excluding hydrogens is 720 g/mol. The quantitative estimate of drug-likeness (QED) is 0.215. The van der Waals surface area contributed by atoms with E-state index in [-0.39, 0.29) is 47.8 Å². The second-order valence-corrected chi connectivity index (χ2v) is 17.0. The lowest BCUT2D eigenvalue weighted by atomic mass is 9.49. The average Bonchev–Trinajstić information content (AvgIpc) is 3.69. The minimum Gasteiger partial charge on any atom is -0.489 e. The molecule has 1 aliphatic carbocycles. The fraction of sp³-hybridized carbons (Fsp3) is 0.429. The van der Waals surface area contributed by atoms with Gasteiger partial charge in [-0.15, -0.1) is 0 Å². The summed E-state index contributed by atoms with van der Waals surface area (Å²) in [5.41, 5.74) is 4.11. The number of halogens is 1. The van der Waals surface area contributed by atoms with Crippen molar-refractivity contribution in [2.45, 2.75) is 90.7 Å². The summed E-state index contributed by atoms with van der Waals surface area (Å²) in [5, 5.41) is 6.30. The number of hydrogen-bond acceptors (Lipinski definition) is 8. The number of anilines is 1. The summed E-state index contributed by atoms with van der Waals surface area (Å²) in [6.45, 7) is 18.5. The van der Waals surface area contributed by atoms with Crippen molar-refractivity contribution in [1.82, 2.24) is 20.0 Å². The number of nitrogens with zero attached hydrogens (tertiary/aromatic N) is 4. The SMILES string of the molecule is [C-]#[N+]c1ccc(OC2C(C)(C)C(Nc3ccc(C(=O)N4CCC(N5Cc6cc7c(cc6C5)C(=O)N([C@@H]5CCC(=O)NC5=O)C7=O)CC4)cc3)C2(C)C)cc1Cl. The molecule has 3 aromatic carbocycles. The number of rotatable bonds is 7. The zero-order chi connectivity index (χ0) is 39.0. The molecule has 3 aromatic rings. The Morgan fingerprint density at radius 1 is 0.891 bits per heavy atom. The molecule has 0 aromatic heterocycles. The summed E-state index contributed by atoms with van der Waals surface area (Å²) < 4.78 is 6.43. The van der Waals surface area contributed by atoms with E-state index in [2.05, 4.69) is 48.1 Å². The van der Waals surface area contributed by atoms with E-state index in [1.807, 2.05) is 29.2 Å². The van der Waals surface area contributed by atoms with Gasteiger partial charge in [0.15, 0.2) is 0 Å². The molecule has 1 saturated carbocycles. The van der Waals surface area contributed by atoms with Crippen molar-refractivity contribution in [2.24, 2.45) is 10.8 Å². The Labute approximate surface area is 324 Å². The van der Waals surface area contributed by atoms with Gasteiger partial charge in [-0.05, 0) is 78.9 Å². The Bertz CT molecular complexity index is 2130. The number of amides is 5. The van der Waals surface area contributed by atoms with Gasteiger partial charge in [0.2, 0.25) is 17.5 Å². The fourth-order valence-electron chi connectivity index (χ4n) is 9.73. The van der Waals surface area contributed by atoms with Crippen LogP contribution < -0.4 is 15.4 Å². The van der Waals surface area contributed by atoms with Crippen molar-refractivity contribution in [3.63, 3.8) is 0 Å². The number of piperidine rings is 2. The van der Waals surface area contributed by atoms with Crippen LogP contribution in [-0.4, -0.2) is 81.6 Å². The Morgan fingerprint density at radius 2 is 1.51 bits per heavy atom. The Hall–Kier alpha value is -5.25. The summed E-state index contributed by atoms with van der Waals surface area (Å²) in [6.07, 6.45) is 1.73. The normalized spacial score (nSPS) is 24.5. The molecule has 2 saturated heterocycles. The van der Waals surface area contributed by atoms with Gasteiger partial charge in [-0.25, -0.2) is 4.85 Å². The van der Waals surface area contributed by atoms with Gasteiger partial charge < -0.3 is 15.0 Å². The fourth-order valence-corrected chi connectivity index (χ4v) is 9.95. The second-order valence-electron chi connectivity index (χ2n) is 16.6. The highest BCUT2D eigenvalue weighted by atomic mass is 35.5. The second kappa shape index (κ2) is 13.5. The molecule has 2 N–H and O–H groups in total. The molecule has 8 rings (SSSR count). The van der Waals surface area contributed by atoms with Crippen LogP contribution in [0.2, 0.25) is 5.02 Å². The lowest BCUT2D eigenvalue weighted by Crippen LogP contribution is -2.72. The summed E-state index contributed by atoms with van der Waals surface area (Å²) in [7, 11) is 0. The lowest BCUT2D eigenvalue weighted by Gasteiger charge is -2.63. The van der Waals surface area contributed by atoms with Gasteiger partial charge in [0, 0.05) is 66.8 Å². The molecule has 5 aliphatic rings. The molecule has 3 fully saturated rings. The maximum absolute atomic E-state index is 13.6. The molecule has 1 atom stereocenters. The Morgan fingerprint density at radius 3 is 2.07 bits per heavy atom. The van der Waals surface area contributed by atoms with Crippen LogP contribution >= 0.6 is 11.6 Å². The van der Waals surface area contributed by atoms with Crippen LogP contribution in [0, 0.1) is 17.4 Å². The summed E-state index contributed by atoms with van der Waals surface area (Å²) in [4.78, 5) is 73.0. The van der Waals surface area contributed by atoms with Gasteiger partial charge in [-0.3, -0.25) is 39.1 Å². The van der Waals surface area contributed by atoms with E-state index < -0.39 is 29.7 Å². The molecule has 55 heavy (non-hydrogen) atoms. The van der Waals surface area contributed by atoms with Crippen LogP contribution in [0.25, 0.3) is 4.85 Å². The highest BCUT2D eigenvalue weighted by Gasteiger charge is 2.63. The maximum atomic E-state index is 13.6. The summed E-state index contributed by atoms with van der Waals surface area (Å²) >= 11 is 6.27. The van der Waals surface area contributed by atoms with E-state index in [1.54, 1.807) is 30.3 Å². The molecule has 12 nitrogen and oxygen atoms in total. The van der Waals surface area contributed by atoms with Crippen molar-refractivity contribution in [2.75, 3.05) is 18.4 Å². The molecular formula is C42H43ClN6O6. The number of imide groups is 2.